The van der Waals surface area contributed by atoms with Gasteiger partial charge in [0.15, 0.2) is 5.65 Å². The van der Waals surface area contributed by atoms with E-state index in [0.717, 1.165) is 17.8 Å². The molecule has 0 amide bonds. The largest absolute Gasteiger partial charge is 0.387 e. The first kappa shape index (κ1) is 10.1. The molecule has 0 aliphatic carbocycles. The van der Waals surface area contributed by atoms with Crippen molar-refractivity contribution in [3.05, 3.63) is 29.7 Å². The van der Waals surface area contributed by atoms with Crippen molar-refractivity contribution in [2.75, 3.05) is 6.54 Å². The van der Waals surface area contributed by atoms with Crippen LogP contribution in [0.3, 0.4) is 0 Å². The van der Waals surface area contributed by atoms with Crippen molar-refractivity contribution in [3.63, 3.8) is 0 Å². The molecule has 1 atom stereocenters. The van der Waals surface area contributed by atoms with Crippen molar-refractivity contribution in [1.82, 2.24) is 14.6 Å². The summed E-state index contributed by atoms with van der Waals surface area (Å²) < 4.78 is 1.67. The molecule has 0 aromatic carbocycles. The number of nitrogens with two attached hydrogens (primary N) is 1. The third-order valence-corrected chi connectivity index (χ3v) is 2.35. The minimum absolute atomic E-state index is 0.190. The zero-order valence-corrected chi connectivity index (χ0v) is 8.59. The van der Waals surface area contributed by atoms with Crippen LogP contribution in [0, 0.1) is 0 Å². The fourth-order valence-electron chi connectivity index (χ4n) is 1.42. The van der Waals surface area contributed by atoms with Gasteiger partial charge < -0.3 is 10.8 Å². The zero-order valence-electron chi connectivity index (χ0n) is 8.59. The van der Waals surface area contributed by atoms with Gasteiger partial charge in [0.1, 0.15) is 0 Å². The van der Waals surface area contributed by atoms with Gasteiger partial charge in [0, 0.05) is 30.6 Å². The Morgan fingerprint density at radius 2 is 2.40 bits per heavy atom. The summed E-state index contributed by atoms with van der Waals surface area (Å²) in [5.74, 6) is 0. The average molecular weight is 206 g/mol. The van der Waals surface area contributed by atoms with E-state index in [1.165, 1.54) is 0 Å². The number of hydrogen-bond acceptors (Lipinski definition) is 4. The van der Waals surface area contributed by atoms with Gasteiger partial charge in [0.25, 0.3) is 0 Å². The summed E-state index contributed by atoms with van der Waals surface area (Å²) in [6.45, 7) is 2.23. The molecule has 0 saturated carbocycles. The Morgan fingerprint density at radius 3 is 3.07 bits per heavy atom. The molecule has 15 heavy (non-hydrogen) atoms. The van der Waals surface area contributed by atoms with Gasteiger partial charge in [-0.1, -0.05) is 6.92 Å². The smallest absolute Gasteiger partial charge is 0.155 e. The molecule has 0 aliphatic heterocycles. The summed E-state index contributed by atoms with van der Waals surface area (Å²) in [7, 11) is 0. The first-order chi connectivity index (χ1) is 7.24. The standard InChI is InChI=1S/C10H14N4O/c1-2-8-3-10-12-5-7(9(15)4-11)6-14(10)13-8/h3,5-6,9,15H,2,4,11H2,1H3. The summed E-state index contributed by atoms with van der Waals surface area (Å²) in [5, 5.41) is 13.9. The van der Waals surface area contributed by atoms with Crippen molar-refractivity contribution in [2.24, 2.45) is 5.73 Å². The predicted molar refractivity (Wildman–Crippen MR) is 56.4 cm³/mol. The van der Waals surface area contributed by atoms with E-state index in [4.69, 9.17) is 5.73 Å². The Morgan fingerprint density at radius 1 is 1.60 bits per heavy atom. The lowest BCUT2D eigenvalue weighted by Crippen LogP contribution is -2.12. The second-order valence-corrected chi connectivity index (χ2v) is 3.43. The van der Waals surface area contributed by atoms with Crippen molar-refractivity contribution in [3.8, 4) is 0 Å². The van der Waals surface area contributed by atoms with E-state index in [-0.39, 0.29) is 6.54 Å². The van der Waals surface area contributed by atoms with Gasteiger partial charge in [-0.15, -0.1) is 0 Å². The number of rotatable bonds is 3. The Kier molecular flexibility index (Phi) is 2.66. The molecule has 2 aromatic rings. The van der Waals surface area contributed by atoms with Gasteiger partial charge in [0.05, 0.1) is 11.8 Å². The molecule has 2 heterocycles. The Bertz CT molecular complexity index is 465. The van der Waals surface area contributed by atoms with E-state index in [2.05, 4.69) is 10.1 Å². The first-order valence-corrected chi connectivity index (χ1v) is 4.97. The van der Waals surface area contributed by atoms with Crippen LogP contribution in [-0.4, -0.2) is 26.2 Å². The molecule has 0 radical (unpaired) electrons. The summed E-state index contributed by atoms with van der Waals surface area (Å²) in [6, 6.07) is 1.93. The maximum Gasteiger partial charge on any atom is 0.155 e. The van der Waals surface area contributed by atoms with E-state index in [9.17, 15) is 5.11 Å². The number of nitrogens with zero attached hydrogens (tertiary/aromatic N) is 3. The molecule has 5 heteroatoms. The molecule has 1 unspecified atom stereocenters. The Balaban J connectivity index is 2.45. The molecule has 0 spiro atoms. The Labute approximate surface area is 87.6 Å². The van der Waals surface area contributed by atoms with Crippen LogP contribution < -0.4 is 5.73 Å². The highest BCUT2D eigenvalue weighted by Crippen LogP contribution is 2.11. The van der Waals surface area contributed by atoms with Crippen LogP contribution in [0.2, 0.25) is 0 Å². The number of aliphatic hydroxyl groups is 1. The fraction of sp³-hybridized carbons (Fsp3) is 0.400. The number of aromatic nitrogens is 3. The lowest BCUT2D eigenvalue weighted by Gasteiger charge is -2.06. The molecule has 2 aromatic heterocycles. The molecule has 2 rings (SSSR count). The number of fused-ring (bicyclic) bond motifs is 1. The molecule has 0 fully saturated rings. The molecule has 0 saturated heterocycles. The van der Waals surface area contributed by atoms with E-state index in [1.54, 1.807) is 16.9 Å². The van der Waals surface area contributed by atoms with Gasteiger partial charge >= 0.3 is 0 Å². The average Bonchev–Trinajstić information content (AvgIpc) is 2.69. The molecule has 80 valence electrons. The molecule has 3 N–H and O–H groups in total. The fourth-order valence-corrected chi connectivity index (χ4v) is 1.42. The van der Waals surface area contributed by atoms with Crippen LogP contribution in [0.15, 0.2) is 18.5 Å². The van der Waals surface area contributed by atoms with Crippen LogP contribution in [0.4, 0.5) is 0 Å². The van der Waals surface area contributed by atoms with Gasteiger partial charge in [0.2, 0.25) is 0 Å². The van der Waals surface area contributed by atoms with Crippen LogP contribution in [0.1, 0.15) is 24.3 Å². The highest BCUT2D eigenvalue weighted by atomic mass is 16.3. The number of aliphatic hydroxyl groups excluding tert-OH is 1. The second kappa shape index (κ2) is 3.96. The molecular weight excluding hydrogens is 192 g/mol. The van der Waals surface area contributed by atoms with Gasteiger partial charge in [-0.2, -0.15) is 5.10 Å². The van der Waals surface area contributed by atoms with Crippen LogP contribution in [-0.2, 0) is 6.42 Å². The second-order valence-electron chi connectivity index (χ2n) is 3.43. The van der Waals surface area contributed by atoms with Crippen molar-refractivity contribution in [2.45, 2.75) is 19.4 Å². The van der Waals surface area contributed by atoms with Gasteiger partial charge in [-0.25, -0.2) is 9.50 Å². The summed E-state index contributed by atoms with van der Waals surface area (Å²) in [5.41, 5.74) is 7.84. The third-order valence-electron chi connectivity index (χ3n) is 2.35. The summed E-state index contributed by atoms with van der Waals surface area (Å²) in [4.78, 5) is 4.20. The minimum atomic E-state index is -0.670. The summed E-state index contributed by atoms with van der Waals surface area (Å²) in [6.07, 6.45) is 3.60. The molecule has 0 aliphatic rings. The Hall–Kier alpha value is -1.46. The normalized spacial score (nSPS) is 13.3. The van der Waals surface area contributed by atoms with Gasteiger partial charge in [-0.3, -0.25) is 0 Å². The van der Waals surface area contributed by atoms with E-state index in [1.807, 2.05) is 13.0 Å². The van der Waals surface area contributed by atoms with E-state index >= 15 is 0 Å². The highest BCUT2D eigenvalue weighted by molar-refractivity contribution is 5.39. The molecule has 0 bridgehead atoms. The topological polar surface area (TPSA) is 76.4 Å². The van der Waals surface area contributed by atoms with Crippen molar-refractivity contribution >= 4 is 5.65 Å². The maximum absolute atomic E-state index is 9.55. The molecule has 5 nitrogen and oxygen atoms in total. The van der Waals surface area contributed by atoms with Crippen LogP contribution in [0.5, 0.6) is 0 Å². The summed E-state index contributed by atoms with van der Waals surface area (Å²) >= 11 is 0. The minimum Gasteiger partial charge on any atom is -0.387 e. The molecular formula is C10H14N4O. The lowest BCUT2D eigenvalue weighted by atomic mass is 10.2. The highest BCUT2D eigenvalue weighted by Gasteiger charge is 2.08. The van der Waals surface area contributed by atoms with E-state index in [0.29, 0.717) is 5.56 Å². The monoisotopic (exact) mass is 206 g/mol. The lowest BCUT2D eigenvalue weighted by molar-refractivity contribution is 0.185. The third kappa shape index (κ3) is 1.84. The zero-order chi connectivity index (χ0) is 10.8. The first-order valence-electron chi connectivity index (χ1n) is 4.97. The van der Waals surface area contributed by atoms with Crippen LogP contribution in [0.25, 0.3) is 5.65 Å². The van der Waals surface area contributed by atoms with Crippen molar-refractivity contribution in [1.29, 1.82) is 0 Å². The SMILES string of the molecule is CCc1cc2ncc(C(O)CN)cn2n1. The van der Waals surface area contributed by atoms with E-state index < -0.39 is 6.10 Å². The number of hydrogen-bond donors (Lipinski definition) is 2. The van der Waals surface area contributed by atoms with Gasteiger partial charge in [-0.05, 0) is 6.42 Å². The quantitative estimate of drug-likeness (QED) is 0.756. The number of aryl methyl sites for hydroxylation is 1. The van der Waals surface area contributed by atoms with Crippen LogP contribution >= 0.6 is 0 Å². The maximum atomic E-state index is 9.55. The predicted octanol–water partition coefficient (Wildman–Crippen LogP) is 0.284. The van der Waals surface area contributed by atoms with Crippen molar-refractivity contribution < 1.29 is 5.11 Å².